The molecule has 0 radical (unpaired) electrons. The van der Waals surface area contributed by atoms with Crippen LogP contribution < -0.4 is 4.74 Å². The lowest BCUT2D eigenvalue weighted by atomic mass is 10.0. The third-order valence-corrected chi connectivity index (χ3v) is 4.49. The Hall–Kier alpha value is -1.07. The van der Waals surface area contributed by atoms with E-state index in [1.165, 1.54) is 6.92 Å². The summed E-state index contributed by atoms with van der Waals surface area (Å²) in [5.74, 6) is 0.716. The summed E-state index contributed by atoms with van der Waals surface area (Å²) in [7, 11) is -1.69. The molecule has 17 heavy (non-hydrogen) atoms. The third kappa shape index (κ3) is 3.20. The molecule has 2 unspecified atom stereocenters. The lowest BCUT2D eigenvalue weighted by molar-refractivity contribution is 0.176. The molecule has 0 spiro atoms. The fourth-order valence-corrected chi connectivity index (χ4v) is 2.22. The zero-order valence-electron chi connectivity index (χ0n) is 10.5. The van der Waals surface area contributed by atoms with Crippen LogP contribution in [0.2, 0.25) is 0 Å². The number of hydrogen-bond donors (Lipinski definition) is 1. The summed E-state index contributed by atoms with van der Waals surface area (Å²) in [5.41, 5.74) is 1.45. The van der Waals surface area contributed by atoms with Gasteiger partial charge >= 0.3 is 0 Å². The van der Waals surface area contributed by atoms with E-state index in [1.54, 1.807) is 25.3 Å². The Morgan fingerprint density at radius 1 is 1.35 bits per heavy atom. The van der Waals surface area contributed by atoms with Gasteiger partial charge in [0.15, 0.2) is 9.84 Å². The Labute approximate surface area is 102 Å². The highest BCUT2D eigenvalue weighted by atomic mass is 32.2. The highest BCUT2D eigenvalue weighted by molar-refractivity contribution is 7.91. The number of aliphatic hydroxyl groups is 1. The molecule has 2 atom stereocenters. The molecule has 0 saturated carbocycles. The van der Waals surface area contributed by atoms with Crippen LogP contribution in [0.4, 0.5) is 0 Å². The first-order valence-corrected chi connectivity index (χ1v) is 7.24. The van der Waals surface area contributed by atoms with Crippen molar-refractivity contribution in [3.8, 4) is 5.75 Å². The largest absolute Gasteiger partial charge is 0.496 e. The van der Waals surface area contributed by atoms with E-state index in [-0.39, 0.29) is 0 Å². The van der Waals surface area contributed by atoms with Crippen molar-refractivity contribution in [1.29, 1.82) is 0 Å². The number of methoxy groups -OCH3 is 1. The van der Waals surface area contributed by atoms with Gasteiger partial charge in [-0.1, -0.05) is 6.07 Å². The van der Waals surface area contributed by atoms with Gasteiger partial charge in [-0.05, 0) is 37.1 Å². The summed E-state index contributed by atoms with van der Waals surface area (Å²) in [6.45, 7) is 3.35. The number of hydrogen-bond acceptors (Lipinski definition) is 4. The lowest BCUT2D eigenvalue weighted by Crippen LogP contribution is -2.24. The molecule has 0 aromatic heterocycles. The molecule has 0 aliphatic heterocycles. The van der Waals surface area contributed by atoms with Crippen molar-refractivity contribution in [1.82, 2.24) is 0 Å². The standard InChI is InChI=1S/C12H18O4S/c1-8-7-10(5-6-11(8)16-3)12(13)9(2)17(4,14)15/h5-7,9,12-13H,1-4H3. The van der Waals surface area contributed by atoms with Crippen molar-refractivity contribution in [3.05, 3.63) is 29.3 Å². The van der Waals surface area contributed by atoms with Crippen LogP contribution in [0.15, 0.2) is 18.2 Å². The minimum absolute atomic E-state index is 0.584. The second kappa shape index (κ2) is 5.06. The van der Waals surface area contributed by atoms with E-state index < -0.39 is 21.2 Å². The van der Waals surface area contributed by atoms with Gasteiger partial charge in [-0.25, -0.2) is 8.42 Å². The molecule has 0 aliphatic carbocycles. The maximum absolute atomic E-state index is 11.4. The van der Waals surface area contributed by atoms with E-state index in [2.05, 4.69) is 0 Å². The smallest absolute Gasteiger partial charge is 0.152 e. The Bertz CT molecular complexity index is 493. The normalized spacial score (nSPS) is 15.4. The van der Waals surface area contributed by atoms with E-state index in [0.717, 1.165) is 11.8 Å². The van der Waals surface area contributed by atoms with Gasteiger partial charge in [0.25, 0.3) is 0 Å². The van der Waals surface area contributed by atoms with E-state index in [1.807, 2.05) is 6.92 Å². The summed E-state index contributed by atoms with van der Waals surface area (Å²) >= 11 is 0. The summed E-state index contributed by atoms with van der Waals surface area (Å²) in [6.07, 6.45) is 0.103. The Morgan fingerprint density at radius 3 is 2.35 bits per heavy atom. The maximum atomic E-state index is 11.4. The summed E-state index contributed by atoms with van der Waals surface area (Å²) < 4.78 is 27.8. The van der Waals surface area contributed by atoms with Crippen LogP contribution in [0.1, 0.15) is 24.2 Å². The van der Waals surface area contributed by atoms with E-state index in [9.17, 15) is 13.5 Å². The van der Waals surface area contributed by atoms with Crippen molar-refractivity contribution in [2.45, 2.75) is 25.2 Å². The summed E-state index contributed by atoms with van der Waals surface area (Å²) in [4.78, 5) is 0. The van der Waals surface area contributed by atoms with Crippen LogP contribution in [0.3, 0.4) is 0 Å². The molecule has 1 rings (SSSR count). The molecule has 0 aliphatic rings. The zero-order chi connectivity index (χ0) is 13.2. The quantitative estimate of drug-likeness (QED) is 0.888. The molecule has 96 valence electrons. The summed E-state index contributed by atoms with van der Waals surface area (Å²) in [6, 6.07) is 5.15. The molecule has 0 heterocycles. The monoisotopic (exact) mass is 258 g/mol. The van der Waals surface area contributed by atoms with Gasteiger partial charge in [0, 0.05) is 6.26 Å². The molecular weight excluding hydrogens is 240 g/mol. The number of rotatable bonds is 4. The fraction of sp³-hybridized carbons (Fsp3) is 0.500. The second-order valence-electron chi connectivity index (χ2n) is 4.21. The third-order valence-electron chi connectivity index (χ3n) is 2.88. The number of ether oxygens (including phenoxy) is 1. The minimum atomic E-state index is -3.26. The van der Waals surface area contributed by atoms with Gasteiger partial charge < -0.3 is 9.84 Å². The topological polar surface area (TPSA) is 63.6 Å². The van der Waals surface area contributed by atoms with Crippen LogP contribution in [-0.4, -0.2) is 32.1 Å². The minimum Gasteiger partial charge on any atom is -0.496 e. The van der Waals surface area contributed by atoms with Crippen LogP contribution in [-0.2, 0) is 9.84 Å². The van der Waals surface area contributed by atoms with Gasteiger partial charge in [-0.2, -0.15) is 0 Å². The van der Waals surface area contributed by atoms with Crippen molar-refractivity contribution < 1.29 is 18.3 Å². The average Bonchev–Trinajstić information content (AvgIpc) is 2.25. The molecule has 1 aromatic rings. The molecule has 1 aromatic carbocycles. The molecule has 0 saturated heterocycles. The second-order valence-corrected chi connectivity index (χ2v) is 6.61. The molecule has 0 bridgehead atoms. The Kier molecular flexibility index (Phi) is 4.16. The maximum Gasteiger partial charge on any atom is 0.152 e. The predicted molar refractivity (Wildman–Crippen MR) is 67.0 cm³/mol. The van der Waals surface area contributed by atoms with Crippen molar-refractivity contribution in [2.24, 2.45) is 0 Å². The van der Waals surface area contributed by atoms with E-state index in [0.29, 0.717) is 11.3 Å². The van der Waals surface area contributed by atoms with Gasteiger partial charge in [0.05, 0.1) is 18.5 Å². The number of aliphatic hydroxyl groups excluding tert-OH is 1. The zero-order valence-corrected chi connectivity index (χ0v) is 11.3. The number of benzene rings is 1. The van der Waals surface area contributed by atoms with Gasteiger partial charge in [-0.15, -0.1) is 0 Å². The van der Waals surface area contributed by atoms with E-state index in [4.69, 9.17) is 4.74 Å². The highest BCUT2D eigenvalue weighted by Gasteiger charge is 2.25. The van der Waals surface area contributed by atoms with Crippen LogP contribution >= 0.6 is 0 Å². The summed E-state index contributed by atoms with van der Waals surface area (Å²) in [5, 5.41) is 9.17. The first kappa shape index (κ1) is 14.0. The fourth-order valence-electron chi connectivity index (χ4n) is 1.59. The molecule has 1 N–H and O–H groups in total. The van der Waals surface area contributed by atoms with Gasteiger partial charge in [0.1, 0.15) is 5.75 Å². The highest BCUT2D eigenvalue weighted by Crippen LogP contribution is 2.26. The SMILES string of the molecule is COc1ccc(C(O)C(C)S(C)(=O)=O)cc1C. The van der Waals surface area contributed by atoms with E-state index >= 15 is 0 Å². The van der Waals surface area contributed by atoms with Crippen molar-refractivity contribution in [2.75, 3.05) is 13.4 Å². The average molecular weight is 258 g/mol. The van der Waals surface area contributed by atoms with Gasteiger partial charge in [0.2, 0.25) is 0 Å². The van der Waals surface area contributed by atoms with Crippen LogP contribution in [0.5, 0.6) is 5.75 Å². The molecule has 0 amide bonds. The first-order chi connectivity index (χ1) is 7.77. The number of aryl methyl sites for hydroxylation is 1. The number of sulfone groups is 1. The Balaban J connectivity index is 3.05. The molecule has 5 heteroatoms. The molecule has 4 nitrogen and oxygen atoms in total. The van der Waals surface area contributed by atoms with Crippen LogP contribution in [0.25, 0.3) is 0 Å². The first-order valence-electron chi connectivity index (χ1n) is 5.29. The lowest BCUT2D eigenvalue weighted by Gasteiger charge is -2.18. The Morgan fingerprint density at radius 2 is 1.94 bits per heavy atom. The van der Waals surface area contributed by atoms with Gasteiger partial charge in [-0.3, -0.25) is 0 Å². The predicted octanol–water partition coefficient (Wildman–Crippen LogP) is 1.47. The van der Waals surface area contributed by atoms with Crippen molar-refractivity contribution >= 4 is 9.84 Å². The molecule has 0 fully saturated rings. The van der Waals surface area contributed by atoms with Crippen molar-refractivity contribution in [3.63, 3.8) is 0 Å². The molecular formula is C12H18O4S. The van der Waals surface area contributed by atoms with Crippen LogP contribution in [0, 0.1) is 6.92 Å².